The highest BCUT2D eigenvalue weighted by Crippen LogP contribution is 2.40. The van der Waals surface area contributed by atoms with E-state index in [0.29, 0.717) is 0 Å². The summed E-state index contributed by atoms with van der Waals surface area (Å²) in [6.07, 6.45) is 0. The molecule has 0 unspecified atom stereocenters. The molecule has 0 aliphatic heterocycles. The van der Waals surface area contributed by atoms with Gasteiger partial charge in [-0.2, -0.15) is 0 Å². The van der Waals surface area contributed by atoms with E-state index in [0.717, 1.165) is 50.0 Å². The molecule has 0 aliphatic rings. The molecule has 64 heavy (non-hydrogen) atoms. The number of para-hydroxylation sites is 4. The van der Waals surface area contributed by atoms with Crippen LogP contribution < -0.4 is 20.7 Å². The average molecular weight is 833 g/mol. The van der Waals surface area contributed by atoms with E-state index in [1.807, 2.05) is 6.07 Å². The molecule has 3 nitrogen and oxygen atoms in total. The molecule has 13 rings (SSSR count). The molecule has 3 aromatic heterocycles. The first-order valence-corrected chi connectivity index (χ1v) is 24.0. The molecule has 0 amide bonds. The summed E-state index contributed by atoms with van der Waals surface area (Å²) in [5.74, 6) is 0. The molecule has 0 saturated carbocycles. The third kappa shape index (κ3) is 5.39. The summed E-state index contributed by atoms with van der Waals surface area (Å²) in [5.41, 5.74) is 11.0. The van der Waals surface area contributed by atoms with Crippen molar-refractivity contribution < 1.29 is 4.42 Å². The molecule has 0 N–H and O–H groups in total. The summed E-state index contributed by atoms with van der Waals surface area (Å²) in [5, 5.41) is 12.6. The maximum absolute atomic E-state index is 6.54. The number of hydrogen-bond acceptors (Lipinski definition) is 1. The Balaban J connectivity index is 1.02. The van der Waals surface area contributed by atoms with Crippen LogP contribution in [0.25, 0.3) is 88.1 Å². The van der Waals surface area contributed by atoms with Crippen molar-refractivity contribution in [3.63, 3.8) is 0 Å². The molecule has 0 aliphatic carbocycles. The molecular weight excluding hydrogens is 793 g/mol. The van der Waals surface area contributed by atoms with E-state index < -0.39 is 8.07 Å². The van der Waals surface area contributed by atoms with Gasteiger partial charge in [-0.3, -0.25) is 0 Å². The van der Waals surface area contributed by atoms with Crippen LogP contribution in [0.5, 0.6) is 0 Å². The Bertz CT molecular complexity index is 3800. The summed E-state index contributed by atoms with van der Waals surface area (Å²) in [7, 11) is -2.75. The van der Waals surface area contributed by atoms with Crippen molar-refractivity contribution in [3.8, 4) is 22.5 Å². The lowest BCUT2D eigenvalue weighted by Gasteiger charge is -2.34. The topological polar surface area (TPSA) is 23.0 Å². The molecule has 300 valence electrons. The van der Waals surface area contributed by atoms with Crippen molar-refractivity contribution in [3.05, 3.63) is 243 Å². The van der Waals surface area contributed by atoms with E-state index in [9.17, 15) is 0 Å². The number of fused-ring (bicyclic) bond motifs is 9. The van der Waals surface area contributed by atoms with Gasteiger partial charge in [-0.05, 0) is 80.9 Å². The van der Waals surface area contributed by atoms with Gasteiger partial charge in [0.05, 0.1) is 22.1 Å². The first kappa shape index (κ1) is 36.5. The van der Waals surface area contributed by atoms with Crippen molar-refractivity contribution in [2.45, 2.75) is 0 Å². The second kappa shape index (κ2) is 14.5. The maximum atomic E-state index is 6.54. The van der Waals surface area contributed by atoms with Gasteiger partial charge in [-0.25, -0.2) is 0 Å². The largest absolute Gasteiger partial charge is 0.455 e. The minimum Gasteiger partial charge on any atom is -0.455 e. The normalized spacial score (nSPS) is 12.1. The Kier molecular flexibility index (Phi) is 8.23. The minimum absolute atomic E-state index is 0.907. The van der Waals surface area contributed by atoms with E-state index in [1.54, 1.807) is 0 Å². The van der Waals surface area contributed by atoms with Crippen molar-refractivity contribution >= 4 is 94.4 Å². The SMILES string of the molecule is c1ccc([Si](c2ccccc2)(c2ccccc2)c2cccc(-n3c4ccccc4c4cc(-n5c6ccccc6c6ccc(-c7cccc8c7oc7ccccc78)cc65)ccc43)c2)cc1. The van der Waals surface area contributed by atoms with Crippen LogP contribution in [0.1, 0.15) is 0 Å². The molecule has 0 saturated heterocycles. The second-order valence-electron chi connectivity index (χ2n) is 16.8. The fourth-order valence-corrected chi connectivity index (χ4v) is 15.5. The van der Waals surface area contributed by atoms with Gasteiger partial charge in [0, 0.05) is 49.3 Å². The van der Waals surface area contributed by atoms with Crippen molar-refractivity contribution in [1.29, 1.82) is 0 Å². The molecule has 10 aromatic carbocycles. The lowest BCUT2D eigenvalue weighted by atomic mass is 10.0. The maximum Gasteiger partial charge on any atom is 0.179 e. The fourth-order valence-electron chi connectivity index (χ4n) is 10.7. The van der Waals surface area contributed by atoms with Crippen LogP contribution >= 0.6 is 0 Å². The Morgan fingerprint density at radius 3 is 1.48 bits per heavy atom. The predicted octanol–water partition coefficient (Wildman–Crippen LogP) is 12.8. The van der Waals surface area contributed by atoms with E-state index >= 15 is 0 Å². The van der Waals surface area contributed by atoms with E-state index in [2.05, 4.69) is 246 Å². The fraction of sp³-hybridized carbons (Fsp3) is 0. The van der Waals surface area contributed by atoms with Gasteiger partial charge in [0.1, 0.15) is 11.2 Å². The van der Waals surface area contributed by atoms with Gasteiger partial charge in [-0.1, -0.05) is 188 Å². The lowest BCUT2D eigenvalue weighted by molar-refractivity contribution is 0.670. The zero-order valence-corrected chi connectivity index (χ0v) is 35.9. The van der Waals surface area contributed by atoms with Gasteiger partial charge in [0.25, 0.3) is 0 Å². The van der Waals surface area contributed by atoms with Crippen LogP contribution in [-0.4, -0.2) is 17.2 Å². The highest BCUT2D eigenvalue weighted by Gasteiger charge is 2.41. The Hall–Kier alpha value is -8.18. The molecule has 13 aromatic rings. The summed E-state index contributed by atoms with van der Waals surface area (Å²) in [6, 6.07) is 89.2. The van der Waals surface area contributed by atoms with Gasteiger partial charge in [0.15, 0.2) is 8.07 Å². The van der Waals surface area contributed by atoms with E-state index in [-0.39, 0.29) is 0 Å². The summed E-state index contributed by atoms with van der Waals surface area (Å²) < 4.78 is 11.4. The number of hydrogen-bond donors (Lipinski definition) is 0. The monoisotopic (exact) mass is 832 g/mol. The number of benzene rings is 10. The lowest BCUT2D eigenvalue weighted by Crippen LogP contribution is -2.74. The van der Waals surface area contributed by atoms with E-state index in [1.165, 1.54) is 58.8 Å². The predicted molar refractivity (Wildman–Crippen MR) is 271 cm³/mol. The zero-order valence-electron chi connectivity index (χ0n) is 34.9. The van der Waals surface area contributed by atoms with Crippen LogP contribution in [0, 0.1) is 0 Å². The smallest absolute Gasteiger partial charge is 0.179 e. The zero-order chi connectivity index (χ0) is 42.2. The van der Waals surface area contributed by atoms with Crippen LogP contribution in [0.3, 0.4) is 0 Å². The van der Waals surface area contributed by atoms with Crippen LogP contribution in [0.15, 0.2) is 247 Å². The molecule has 0 atom stereocenters. The highest BCUT2D eigenvalue weighted by atomic mass is 28.3. The first-order chi connectivity index (χ1) is 31.8. The summed E-state index contributed by atoms with van der Waals surface area (Å²) >= 11 is 0. The number of rotatable bonds is 7. The molecule has 0 fully saturated rings. The molecule has 0 bridgehead atoms. The molecular formula is C60H40N2OSi. The van der Waals surface area contributed by atoms with Gasteiger partial charge < -0.3 is 13.6 Å². The highest BCUT2D eigenvalue weighted by molar-refractivity contribution is 7.19. The average Bonchev–Trinajstić information content (AvgIpc) is 4.03. The standard InChI is InChI=1S/C60H40N2OSi/c1-4-19-44(20-5-1)64(45-21-6-2-7-22-45,46-23-8-3-9-24-46)47-25-16-18-42(39-47)61-56-32-14-11-27-50(56)54-40-43(35-37-57(54)61)62-55-31-13-10-26-49(55)51-36-34-41(38-58(51)62)48-29-17-30-53-52-28-12-15-33-59(52)63-60(48)53/h1-40H. The van der Waals surface area contributed by atoms with Crippen LogP contribution in [0.4, 0.5) is 0 Å². The first-order valence-electron chi connectivity index (χ1n) is 22.0. The molecule has 4 heteroatoms. The Morgan fingerprint density at radius 1 is 0.297 bits per heavy atom. The van der Waals surface area contributed by atoms with Crippen molar-refractivity contribution in [2.24, 2.45) is 0 Å². The number of nitrogens with zero attached hydrogens (tertiary/aromatic N) is 2. The van der Waals surface area contributed by atoms with Crippen molar-refractivity contribution in [2.75, 3.05) is 0 Å². The van der Waals surface area contributed by atoms with Crippen LogP contribution in [0.2, 0.25) is 0 Å². The molecule has 3 heterocycles. The number of aromatic nitrogens is 2. The number of furan rings is 1. The third-order valence-electron chi connectivity index (χ3n) is 13.5. The van der Waals surface area contributed by atoms with Crippen molar-refractivity contribution in [1.82, 2.24) is 9.13 Å². The summed E-state index contributed by atoms with van der Waals surface area (Å²) in [4.78, 5) is 0. The summed E-state index contributed by atoms with van der Waals surface area (Å²) in [6.45, 7) is 0. The quantitative estimate of drug-likeness (QED) is 0.116. The van der Waals surface area contributed by atoms with Crippen LogP contribution in [-0.2, 0) is 0 Å². The Morgan fingerprint density at radius 2 is 0.797 bits per heavy atom. The van der Waals surface area contributed by atoms with Gasteiger partial charge in [-0.15, -0.1) is 0 Å². The second-order valence-corrected chi connectivity index (χ2v) is 20.6. The van der Waals surface area contributed by atoms with E-state index in [4.69, 9.17) is 4.42 Å². The molecule has 0 radical (unpaired) electrons. The molecule has 0 spiro atoms. The van der Waals surface area contributed by atoms with Gasteiger partial charge in [0.2, 0.25) is 0 Å². The third-order valence-corrected chi connectivity index (χ3v) is 18.2. The van der Waals surface area contributed by atoms with Gasteiger partial charge >= 0.3 is 0 Å². The Labute approximate surface area is 371 Å². The minimum atomic E-state index is -2.75.